The summed E-state index contributed by atoms with van der Waals surface area (Å²) in [6, 6.07) is 3.85. The Labute approximate surface area is 145 Å². The summed E-state index contributed by atoms with van der Waals surface area (Å²) in [5.74, 6) is -0.120. The maximum absolute atomic E-state index is 11.7. The molecule has 1 unspecified atom stereocenters. The van der Waals surface area contributed by atoms with Crippen molar-refractivity contribution in [2.24, 2.45) is 11.3 Å². The molecule has 1 aliphatic rings. The van der Waals surface area contributed by atoms with Crippen LogP contribution in [0.3, 0.4) is 0 Å². The molecule has 0 fully saturated rings. The molecule has 1 aromatic rings. The van der Waals surface area contributed by atoms with E-state index in [-0.39, 0.29) is 16.5 Å². The lowest BCUT2D eigenvalue weighted by Gasteiger charge is -2.35. The minimum atomic E-state index is -0.563. The average Bonchev–Trinajstić information content (AvgIpc) is 2.53. The molecule has 0 saturated carbocycles. The van der Waals surface area contributed by atoms with E-state index >= 15 is 0 Å². The molecule has 0 aliphatic heterocycles. The van der Waals surface area contributed by atoms with Crippen LogP contribution in [0.5, 0.6) is 5.88 Å². The van der Waals surface area contributed by atoms with E-state index in [9.17, 15) is 10.4 Å². The molecular formula is C19H28N4O. The van der Waals surface area contributed by atoms with Gasteiger partial charge in [-0.15, -0.1) is 0 Å². The standard InChI is InChI=1S/C15H17N3O.C4H11N/c1-15(2,3)9-4-5-13-10(6-9)11(7-16)12(8-17)14(19)18-13;1-3-5-4-2/h9H,4-6H2,1-3H3,(H,18,19);5H,3-4H2,1-2H3. The molecule has 1 aliphatic carbocycles. The van der Waals surface area contributed by atoms with Crippen LogP contribution < -0.4 is 10.4 Å². The van der Waals surface area contributed by atoms with Crippen molar-refractivity contribution in [2.45, 2.75) is 53.9 Å². The predicted molar refractivity (Wildman–Crippen MR) is 91.1 cm³/mol. The highest BCUT2D eigenvalue weighted by atomic mass is 16.3. The van der Waals surface area contributed by atoms with Crippen molar-refractivity contribution in [3.63, 3.8) is 0 Å². The van der Waals surface area contributed by atoms with Crippen LogP contribution in [0.2, 0.25) is 0 Å². The van der Waals surface area contributed by atoms with Gasteiger partial charge in [-0.3, -0.25) is 4.98 Å². The quantitative estimate of drug-likeness (QED) is 0.891. The van der Waals surface area contributed by atoms with Crippen LogP contribution in [-0.4, -0.2) is 18.1 Å². The third kappa shape index (κ3) is 4.69. The van der Waals surface area contributed by atoms with E-state index in [1.807, 2.05) is 12.1 Å². The van der Waals surface area contributed by atoms with Gasteiger partial charge in [-0.25, -0.2) is 0 Å². The van der Waals surface area contributed by atoms with Crippen molar-refractivity contribution in [3.8, 4) is 18.0 Å². The van der Waals surface area contributed by atoms with Gasteiger partial charge in [0.2, 0.25) is 0 Å². The highest BCUT2D eigenvalue weighted by Gasteiger charge is 2.31. The second-order valence-electron chi connectivity index (χ2n) is 7.23. The zero-order valence-corrected chi connectivity index (χ0v) is 15.4. The third-order valence-electron chi connectivity index (χ3n) is 4.56. The molecule has 130 valence electrons. The van der Waals surface area contributed by atoms with Crippen LogP contribution in [-0.2, 0) is 12.8 Å². The summed E-state index contributed by atoms with van der Waals surface area (Å²) in [6.07, 6.45) is 2.41. The average molecular weight is 328 g/mol. The number of nitrogens with two attached hydrogens (primary N) is 1. The zero-order valence-electron chi connectivity index (χ0n) is 15.4. The first-order valence-corrected chi connectivity index (χ1v) is 8.64. The van der Waals surface area contributed by atoms with E-state index in [0.717, 1.165) is 18.4 Å². The van der Waals surface area contributed by atoms with Crippen molar-refractivity contribution < 1.29 is 10.4 Å². The number of nitrogens with zero attached hydrogens (tertiary/aromatic N) is 3. The molecule has 2 rings (SSSR count). The van der Waals surface area contributed by atoms with Gasteiger partial charge in [-0.05, 0) is 50.0 Å². The van der Waals surface area contributed by atoms with E-state index in [1.165, 1.54) is 13.1 Å². The summed E-state index contributed by atoms with van der Waals surface area (Å²) in [7, 11) is 0. The number of nitriles is 2. The highest BCUT2D eigenvalue weighted by molar-refractivity contribution is 5.56. The number of aryl methyl sites for hydroxylation is 1. The number of rotatable bonds is 2. The first-order chi connectivity index (χ1) is 11.3. The Morgan fingerprint density at radius 2 is 1.75 bits per heavy atom. The number of aromatic nitrogens is 1. The second-order valence-corrected chi connectivity index (χ2v) is 7.23. The lowest BCUT2D eigenvalue weighted by molar-refractivity contribution is -0.648. The summed E-state index contributed by atoms with van der Waals surface area (Å²) in [5.41, 5.74) is 1.81. The fourth-order valence-electron chi connectivity index (χ4n) is 2.99. The van der Waals surface area contributed by atoms with Crippen molar-refractivity contribution in [1.29, 1.82) is 10.5 Å². The Kier molecular flexibility index (Phi) is 7.19. The fourth-order valence-corrected chi connectivity index (χ4v) is 2.99. The van der Waals surface area contributed by atoms with Crippen LogP contribution in [0.1, 0.15) is 63.4 Å². The summed E-state index contributed by atoms with van der Waals surface area (Å²) in [4.78, 5) is 3.98. The van der Waals surface area contributed by atoms with Crippen LogP contribution in [0.25, 0.3) is 0 Å². The summed E-state index contributed by atoms with van der Waals surface area (Å²) < 4.78 is 0. The molecule has 1 atom stereocenters. The van der Waals surface area contributed by atoms with Gasteiger partial charge >= 0.3 is 0 Å². The minimum absolute atomic E-state index is 0.101. The van der Waals surface area contributed by atoms with Gasteiger partial charge in [0, 0.05) is 11.6 Å². The lowest BCUT2D eigenvalue weighted by atomic mass is 9.70. The lowest BCUT2D eigenvalue weighted by Crippen LogP contribution is -2.82. The first-order valence-electron chi connectivity index (χ1n) is 8.64. The molecule has 2 N–H and O–H groups in total. The predicted octanol–water partition coefficient (Wildman–Crippen LogP) is 1.64. The fraction of sp³-hybridized carbons (Fsp3) is 0.632. The molecule has 24 heavy (non-hydrogen) atoms. The molecule has 5 nitrogen and oxygen atoms in total. The van der Waals surface area contributed by atoms with Gasteiger partial charge in [-0.2, -0.15) is 10.5 Å². The molecule has 5 heteroatoms. The Bertz CT molecular complexity index is 645. The molecule has 0 aromatic carbocycles. The van der Waals surface area contributed by atoms with Crippen LogP contribution in [0, 0.1) is 34.0 Å². The van der Waals surface area contributed by atoms with Crippen LogP contribution >= 0.6 is 0 Å². The molecule has 1 heterocycles. The summed E-state index contributed by atoms with van der Waals surface area (Å²) in [5, 5.41) is 32.2. The van der Waals surface area contributed by atoms with Gasteiger partial charge in [-0.1, -0.05) is 20.8 Å². The number of hydrogen-bond donors (Lipinski definition) is 1. The third-order valence-corrected chi connectivity index (χ3v) is 4.56. The van der Waals surface area contributed by atoms with Gasteiger partial charge in [0.1, 0.15) is 12.1 Å². The van der Waals surface area contributed by atoms with Crippen LogP contribution in [0.15, 0.2) is 0 Å². The summed E-state index contributed by atoms with van der Waals surface area (Å²) >= 11 is 0. The second kappa shape index (κ2) is 8.66. The Morgan fingerprint density at radius 1 is 1.17 bits per heavy atom. The first kappa shape index (κ1) is 19.9. The Balaban J connectivity index is 0.000000505. The van der Waals surface area contributed by atoms with Crippen molar-refractivity contribution in [1.82, 2.24) is 4.98 Å². The maximum Gasteiger partial charge on any atom is 0.102 e. The van der Waals surface area contributed by atoms with E-state index in [0.29, 0.717) is 18.0 Å². The van der Waals surface area contributed by atoms with Gasteiger partial charge in [0.25, 0.3) is 0 Å². The molecule has 0 amide bonds. The number of hydrogen-bond acceptors (Lipinski definition) is 4. The topological polar surface area (TPSA) is 100 Å². The van der Waals surface area contributed by atoms with E-state index < -0.39 is 5.88 Å². The largest absolute Gasteiger partial charge is 0.858 e. The number of quaternary nitrogens is 1. The van der Waals surface area contributed by atoms with Gasteiger partial charge < -0.3 is 10.4 Å². The molecule has 0 spiro atoms. The Morgan fingerprint density at radius 3 is 2.17 bits per heavy atom. The number of pyridine rings is 1. The van der Waals surface area contributed by atoms with E-state index in [4.69, 9.17) is 5.26 Å². The van der Waals surface area contributed by atoms with E-state index in [1.54, 1.807) is 0 Å². The molecule has 0 bridgehead atoms. The molecule has 0 radical (unpaired) electrons. The Hall–Kier alpha value is -2.11. The highest BCUT2D eigenvalue weighted by Crippen LogP contribution is 2.39. The normalized spacial score (nSPS) is 16.2. The van der Waals surface area contributed by atoms with Gasteiger partial charge in [0.15, 0.2) is 0 Å². The van der Waals surface area contributed by atoms with Crippen molar-refractivity contribution in [3.05, 3.63) is 22.4 Å². The van der Waals surface area contributed by atoms with Gasteiger partial charge in [0.05, 0.1) is 24.2 Å². The summed E-state index contributed by atoms with van der Waals surface area (Å²) in [6.45, 7) is 13.3. The SMILES string of the molecule is CC(C)(C)C1CCc2nc([O-])c(C#N)c(C#N)c2C1.CC[NH2+]CC. The monoisotopic (exact) mass is 328 g/mol. The molecule has 0 saturated heterocycles. The smallest absolute Gasteiger partial charge is 0.102 e. The zero-order chi connectivity index (χ0) is 18.3. The van der Waals surface area contributed by atoms with Crippen LogP contribution in [0.4, 0.5) is 0 Å². The van der Waals surface area contributed by atoms with Crippen molar-refractivity contribution in [2.75, 3.05) is 13.1 Å². The van der Waals surface area contributed by atoms with E-state index in [2.05, 4.69) is 44.9 Å². The number of fused-ring (bicyclic) bond motifs is 1. The minimum Gasteiger partial charge on any atom is -0.858 e. The maximum atomic E-state index is 11.7. The molecular weight excluding hydrogens is 300 g/mol. The molecule has 1 aromatic heterocycles. The van der Waals surface area contributed by atoms with Crippen molar-refractivity contribution >= 4 is 0 Å².